The van der Waals surface area contributed by atoms with Crippen LogP contribution in [-0.4, -0.2) is 23.0 Å². The third-order valence-electron chi connectivity index (χ3n) is 4.15. The van der Waals surface area contributed by atoms with Crippen LogP contribution in [0.5, 0.6) is 0 Å². The average Bonchev–Trinajstić information content (AvgIpc) is 2.88. The molecular weight excluding hydrogens is 228 g/mol. The Labute approximate surface area is 108 Å². The number of nitrogens with two attached hydrogens (primary N) is 1. The van der Waals surface area contributed by atoms with Crippen molar-refractivity contribution in [3.63, 3.8) is 0 Å². The predicted octanol–water partition coefficient (Wildman–Crippen LogP) is 2.98. The van der Waals surface area contributed by atoms with Gasteiger partial charge in [0, 0.05) is 24.7 Å². The minimum absolute atomic E-state index is 0.110. The first-order valence-electron chi connectivity index (χ1n) is 6.79. The van der Waals surface area contributed by atoms with Gasteiger partial charge in [-0.15, -0.1) is 0 Å². The summed E-state index contributed by atoms with van der Waals surface area (Å²) in [5.41, 5.74) is 8.09. The van der Waals surface area contributed by atoms with Crippen molar-refractivity contribution in [1.82, 2.24) is 4.90 Å². The lowest BCUT2D eigenvalue weighted by Gasteiger charge is -2.32. The first kappa shape index (κ1) is 11.7. The van der Waals surface area contributed by atoms with Crippen LogP contribution in [0.15, 0.2) is 16.8 Å². The largest absolute Gasteiger partial charge is 0.324 e. The monoisotopic (exact) mass is 250 g/mol. The fourth-order valence-electron chi connectivity index (χ4n) is 3.01. The smallest absolute Gasteiger partial charge is 0.0283 e. The van der Waals surface area contributed by atoms with Crippen LogP contribution in [0.3, 0.4) is 0 Å². The number of thiophene rings is 1. The molecule has 94 valence electrons. The third-order valence-corrected chi connectivity index (χ3v) is 4.88. The van der Waals surface area contributed by atoms with Crippen LogP contribution >= 0.6 is 11.3 Å². The minimum atomic E-state index is 0.110. The van der Waals surface area contributed by atoms with Crippen LogP contribution in [0.1, 0.15) is 44.1 Å². The molecule has 0 saturated heterocycles. The summed E-state index contributed by atoms with van der Waals surface area (Å²) in [5.74, 6) is 0. The summed E-state index contributed by atoms with van der Waals surface area (Å²) in [6, 6.07) is 3.06. The highest BCUT2D eigenvalue weighted by molar-refractivity contribution is 7.07. The van der Waals surface area contributed by atoms with E-state index in [4.69, 9.17) is 5.73 Å². The Hall–Kier alpha value is -0.380. The third kappa shape index (κ3) is 2.90. The molecule has 1 heterocycles. The van der Waals surface area contributed by atoms with Gasteiger partial charge in [0.2, 0.25) is 0 Å². The summed E-state index contributed by atoms with van der Waals surface area (Å²) in [6.45, 7) is 2.21. The van der Waals surface area contributed by atoms with Crippen LogP contribution < -0.4 is 5.73 Å². The highest BCUT2D eigenvalue weighted by atomic mass is 32.1. The maximum absolute atomic E-state index is 6.52. The molecule has 1 aromatic heterocycles. The van der Waals surface area contributed by atoms with Crippen molar-refractivity contribution in [2.75, 3.05) is 6.54 Å². The Kier molecular flexibility index (Phi) is 3.24. The zero-order valence-corrected chi connectivity index (χ0v) is 11.2. The zero-order chi connectivity index (χ0) is 11.7. The Morgan fingerprint density at radius 2 is 2.12 bits per heavy atom. The molecule has 3 rings (SSSR count). The highest BCUT2D eigenvalue weighted by Crippen LogP contribution is 2.34. The van der Waals surface area contributed by atoms with Gasteiger partial charge in [-0.3, -0.25) is 4.90 Å². The van der Waals surface area contributed by atoms with Gasteiger partial charge < -0.3 is 5.73 Å². The molecule has 0 bridgehead atoms. The average molecular weight is 250 g/mol. The molecule has 3 heteroatoms. The first-order chi connectivity index (χ1) is 8.25. The fourth-order valence-corrected chi connectivity index (χ4v) is 3.67. The van der Waals surface area contributed by atoms with Gasteiger partial charge in [-0.25, -0.2) is 0 Å². The van der Waals surface area contributed by atoms with Gasteiger partial charge in [0.1, 0.15) is 0 Å². The lowest BCUT2D eigenvalue weighted by Crippen LogP contribution is -2.48. The van der Waals surface area contributed by atoms with Crippen molar-refractivity contribution in [3.8, 4) is 0 Å². The maximum Gasteiger partial charge on any atom is 0.0283 e. The van der Waals surface area contributed by atoms with E-state index in [2.05, 4.69) is 21.7 Å². The maximum atomic E-state index is 6.52. The van der Waals surface area contributed by atoms with Crippen molar-refractivity contribution < 1.29 is 0 Å². The van der Waals surface area contributed by atoms with Crippen molar-refractivity contribution in [1.29, 1.82) is 0 Å². The number of hydrogen-bond donors (Lipinski definition) is 1. The highest BCUT2D eigenvalue weighted by Gasteiger charge is 2.36. The van der Waals surface area contributed by atoms with E-state index in [0.29, 0.717) is 0 Å². The quantitative estimate of drug-likeness (QED) is 0.870. The molecule has 0 aromatic carbocycles. The normalized spacial score (nSPS) is 23.4. The molecule has 0 unspecified atom stereocenters. The Balaban J connectivity index is 1.64. The van der Waals surface area contributed by atoms with Gasteiger partial charge in [-0.05, 0) is 48.1 Å². The SMILES string of the molecule is NC1(CN(Cc2ccsc2)C2CC2)CCCC1. The van der Waals surface area contributed by atoms with E-state index >= 15 is 0 Å². The second kappa shape index (κ2) is 4.71. The molecule has 2 nitrogen and oxygen atoms in total. The first-order valence-corrected chi connectivity index (χ1v) is 7.73. The van der Waals surface area contributed by atoms with E-state index in [1.54, 1.807) is 11.3 Å². The summed E-state index contributed by atoms with van der Waals surface area (Å²) in [7, 11) is 0. The Morgan fingerprint density at radius 3 is 2.71 bits per heavy atom. The van der Waals surface area contributed by atoms with E-state index in [1.807, 2.05) is 0 Å². The second-order valence-electron chi connectivity index (χ2n) is 5.84. The molecule has 2 saturated carbocycles. The van der Waals surface area contributed by atoms with Crippen LogP contribution in [0.2, 0.25) is 0 Å². The molecule has 0 atom stereocenters. The van der Waals surface area contributed by atoms with Crippen molar-refractivity contribution in [2.24, 2.45) is 5.73 Å². The lowest BCUT2D eigenvalue weighted by molar-refractivity contribution is 0.193. The number of hydrogen-bond acceptors (Lipinski definition) is 3. The molecule has 2 aliphatic carbocycles. The summed E-state index contributed by atoms with van der Waals surface area (Å²) in [5, 5.41) is 4.45. The van der Waals surface area contributed by atoms with Crippen molar-refractivity contribution in [3.05, 3.63) is 22.4 Å². The molecule has 17 heavy (non-hydrogen) atoms. The molecular formula is C14H22N2S. The van der Waals surface area contributed by atoms with Crippen molar-refractivity contribution >= 4 is 11.3 Å². The molecule has 0 amide bonds. The lowest BCUT2D eigenvalue weighted by atomic mass is 9.98. The molecule has 0 radical (unpaired) electrons. The van der Waals surface area contributed by atoms with Gasteiger partial charge in [0.15, 0.2) is 0 Å². The summed E-state index contributed by atoms with van der Waals surface area (Å²) >= 11 is 1.80. The summed E-state index contributed by atoms with van der Waals surface area (Å²) in [4.78, 5) is 2.63. The second-order valence-corrected chi connectivity index (χ2v) is 6.62. The standard InChI is InChI=1S/C14H22N2S/c15-14(6-1-2-7-14)11-16(13-3-4-13)9-12-5-8-17-10-12/h5,8,10,13H,1-4,6-7,9,11,15H2. The molecule has 1 aromatic rings. The van der Waals surface area contributed by atoms with Crippen LogP contribution in [0.25, 0.3) is 0 Å². The van der Waals surface area contributed by atoms with E-state index in [9.17, 15) is 0 Å². The molecule has 0 aliphatic heterocycles. The zero-order valence-electron chi connectivity index (χ0n) is 10.4. The van der Waals surface area contributed by atoms with Crippen LogP contribution in [0, 0.1) is 0 Å². The molecule has 0 spiro atoms. The van der Waals surface area contributed by atoms with E-state index in [-0.39, 0.29) is 5.54 Å². The Bertz CT molecular complexity index is 350. The number of nitrogens with zero attached hydrogens (tertiary/aromatic N) is 1. The van der Waals surface area contributed by atoms with Crippen LogP contribution in [0.4, 0.5) is 0 Å². The summed E-state index contributed by atoms with van der Waals surface area (Å²) in [6.07, 6.45) is 7.85. The minimum Gasteiger partial charge on any atom is -0.324 e. The van der Waals surface area contributed by atoms with Crippen LogP contribution in [-0.2, 0) is 6.54 Å². The van der Waals surface area contributed by atoms with Gasteiger partial charge >= 0.3 is 0 Å². The van der Waals surface area contributed by atoms with Gasteiger partial charge in [-0.1, -0.05) is 12.8 Å². The fraction of sp³-hybridized carbons (Fsp3) is 0.714. The van der Waals surface area contributed by atoms with Gasteiger partial charge in [0.25, 0.3) is 0 Å². The van der Waals surface area contributed by atoms with E-state index < -0.39 is 0 Å². The molecule has 2 fully saturated rings. The topological polar surface area (TPSA) is 29.3 Å². The number of rotatable bonds is 5. The molecule has 2 N–H and O–H groups in total. The van der Waals surface area contributed by atoms with E-state index in [0.717, 1.165) is 19.1 Å². The van der Waals surface area contributed by atoms with E-state index in [1.165, 1.54) is 44.1 Å². The predicted molar refractivity (Wildman–Crippen MR) is 73.1 cm³/mol. The van der Waals surface area contributed by atoms with Crippen molar-refractivity contribution in [2.45, 2.75) is 56.7 Å². The summed E-state index contributed by atoms with van der Waals surface area (Å²) < 4.78 is 0. The molecule has 2 aliphatic rings. The van der Waals surface area contributed by atoms with Gasteiger partial charge in [-0.2, -0.15) is 11.3 Å². The van der Waals surface area contributed by atoms with Gasteiger partial charge in [0.05, 0.1) is 0 Å². The Morgan fingerprint density at radius 1 is 1.35 bits per heavy atom.